The minimum atomic E-state index is -0.573. The van der Waals surface area contributed by atoms with Crippen LogP contribution in [0.5, 0.6) is 0 Å². The zero-order chi connectivity index (χ0) is 11.5. The summed E-state index contributed by atoms with van der Waals surface area (Å²) in [7, 11) is 1.55. The topological polar surface area (TPSA) is 55.6 Å². The van der Waals surface area contributed by atoms with Gasteiger partial charge in [-0.15, -0.1) is 0 Å². The lowest BCUT2D eigenvalue weighted by molar-refractivity contribution is -0.120. The number of rotatable bonds is 3. The maximum absolute atomic E-state index is 12.0. The quantitative estimate of drug-likeness (QED) is 0.809. The number of para-hydroxylation sites is 1. The maximum Gasteiger partial charge on any atom is 0.246 e. The van der Waals surface area contributed by atoms with E-state index in [1.807, 2.05) is 24.3 Å². The minimum Gasteiger partial charge on any atom is -0.383 e. The molecule has 1 amide bonds. The predicted octanol–water partition coefficient (Wildman–Crippen LogP) is 0.549. The molecular formula is C12H16N2O2. The van der Waals surface area contributed by atoms with Crippen LogP contribution in [0.1, 0.15) is 5.56 Å². The molecule has 1 aliphatic heterocycles. The number of fused-ring (bicyclic) bond motifs is 1. The van der Waals surface area contributed by atoms with Crippen LogP contribution in [0.15, 0.2) is 24.3 Å². The fraction of sp³-hybridized carbons (Fsp3) is 0.417. The highest BCUT2D eigenvalue weighted by atomic mass is 16.5. The Kier molecular flexibility index (Phi) is 3.22. The van der Waals surface area contributed by atoms with Crippen molar-refractivity contribution in [2.45, 2.75) is 12.5 Å². The van der Waals surface area contributed by atoms with E-state index in [-0.39, 0.29) is 12.5 Å². The SMILES string of the molecule is COCC(N)C(=O)N1CCc2ccccc21. The molecule has 4 heteroatoms. The third-order valence-corrected chi connectivity index (χ3v) is 2.82. The smallest absolute Gasteiger partial charge is 0.246 e. The van der Waals surface area contributed by atoms with Crippen molar-refractivity contribution >= 4 is 11.6 Å². The molecule has 0 fully saturated rings. The number of hydrogen-bond acceptors (Lipinski definition) is 3. The van der Waals surface area contributed by atoms with Crippen molar-refractivity contribution in [2.24, 2.45) is 5.73 Å². The fourth-order valence-corrected chi connectivity index (χ4v) is 2.02. The van der Waals surface area contributed by atoms with Gasteiger partial charge in [0.1, 0.15) is 6.04 Å². The van der Waals surface area contributed by atoms with Gasteiger partial charge in [-0.25, -0.2) is 0 Å². The second-order valence-electron chi connectivity index (χ2n) is 3.93. The molecule has 86 valence electrons. The Morgan fingerprint density at radius 3 is 3.06 bits per heavy atom. The summed E-state index contributed by atoms with van der Waals surface area (Å²) >= 11 is 0. The van der Waals surface area contributed by atoms with Gasteiger partial charge in [-0.1, -0.05) is 18.2 Å². The number of methoxy groups -OCH3 is 1. The summed E-state index contributed by atoms with van der Waals surface area (Å²) in [6.07, 6.45) is 0.904. The summed E-state index contributed by atoms with van der Waals surface area (Å²) < 4.78 is 4.90. The van der Waals surface area contributed by atoms with Crippen molar-refractivity contribution in [1.82, 2.24) is 0 Å². The first-order valence-corrected chi connectivity index (χ1v) is 5.38. The highest BCUT2D eigenvalue weighted by Crippen LogP contribution is 2.27. The highest BCUT2D eigenvalue weighted by molar-refractivity contribution is 5.98. The molecule has 0 aromatic heterocycles. The average molecular weight is 220 g/mol. The van der Waals surface area contributed by atoms with Crippen molar-refractivity contribution in [3.05, 3.63) is 29.8 Å². The van der Waals surface area contributed by atoms with Gasteiger partial charge in [0.15, 0.2) is 0 Å². The molecule has 2 rings (SSSR count). The number of anilines is 1. The van der Waals surface area contributed by atoms with Gasteiger partial charge in [0.2, 0.25) is 5.91 Å². The zero-order valence-electron chi connectivity index (χ0n) is 9.35. The van der Waals surface area contributed by atoms with E-state index in [1.165, 1.54) is 5.56 Å². The predicted molar refractivity (Wildman–Crippen MR) is 62.4 cm³/mol. The number of carbonyl (C=O) groups is 1. The van der Waals surface area contributed by atoms with Crippen LogP contribution >= 0.6 is 0 Å². The van der Waals surface area contributed by atoms with Crippen LogP contribution in [0, 0.1) is 0 Å². The Labute approximate surface area is 95.0 Å². The Morgan fingerprint density at radius 1 is 1.56 bits per heavy atom. The largest absolute Gasteiger partial charge is 0.383 e. The lowest BCUT2D eigenvalue weighted by atomic mass is 10.2. The van der Waals surface area contributed by atoms with E-state index < -0.39 is 6.04 Å². The second kappa shape index (κ2) is 4.63. The summed E-state index contributed by atoms with van der Waals surface area (Å²) in [6.45, 7) is 0.979. The molecule has 2 N–H and O–H groups in total. The highest BCUT2D eigenvalue weighted by Gasteiger charge is 2.27. The monoisotopic (exact) mass is 220 g/mol. The molecule has 0 spiro atoms. The molecule has 0 bridgehead atoms. The van der Waals surface area contributed by atoms with E-state index in [0.29, 0.717) is 0 Å². The second-order valence-corrected chi connectivity index (χ2v) is 3.93. The van der Waals surface area contributed by atoms with Crippen LogP contribution in [0.3, 0.4) is 0 Å². The van der Waals surface area contributed by atoms with E-state index in [0.717, 1.165) is 18.7 Å². The van der Waals surface area contributed by atoms with Crippen LogP contribution in [0.4, 0.5) is 5.69 Å². The number of benzene rings is 1. The molecule has 16 heavy (non-hydrogen) atoms. The third kappa shape index (κ3) is 1.94. The molecule has 4 nitrogen and oxygen atoms in total. The van der Waals surface area contributed by atoms with Crippen LogP contribution in [-0.2, 0) is 16.0 Å². The summed E-state index contributed by atoms with van der Waals surface area (Å²) in [5.41, 5.74) is 7.94. The first kappa shape index (κ1) is 11.1. The van der Waals surface area contributed by atoms with E-state index >= 15 is 0 Å². The van der Waals surface area contributed by atoms with E-state index in [4.69, 9.17) is 10.5 Å². The number of hydrogen-bond donors (Lipinski definition) is 1. The molecule has 1 heterocycles. The molecule has 1 aromatic rings. The fourth-order valence-electron chi connectivity index (χ4n) is 2.02. The molecule has 0 saturated carbocycles. The lowest BCUT2D eigenvalue weighted by Crippen LogP contribution is -2.45. The molecule has 0 radical (unpaired) electrons. The van der Waals surface area contributed by atoms with Gasteiger partial charge in [0.05, 0.1) is 6.61 Å². The van der Waals surface area contributed by atoms with Crippen molar-refractivity contribution in [2.75, 3.05) is 25.2 Å². The summed E-state index contributed by atoms with van der Waals surface area (Å²) in [6, 6.07) is 7.36. The normalized spacial score (nSPS) is 16.0. The molecule has 1 aliphatic rings. The number of ether oxygens (including phenoxy) is 1. The molecule has 1 unspecified atom stereocenters. The summed E-state index contributed by atoms with van der Waals surface area (Å²) in [5.74, 6) is -0.0631. The molecular weight excluding hydrogens is 204 g/mol. The Hall–Kier alpha value is -1.39. The number of amides is 1. The standard InChI is InChI=1S/C12H16N2O2/c1-16-8-10(13)12(15)14-7-6-9-4-2-3-5-11(9)14/h2-5,10H,6-8,13H2,1H3. The molecule has 0 aliphatic carbocycles. The van der Waals surface area contributed by atoms with Gasteiger partial charge in [0, 0.05) is 19.3 Å². The van der Waals surface area contributed by atoms with Gasteiger partial charge in [-0.3, -0.25) is 4.79 Å². The van der Waals surface area contributed by atoms with Gasteiger partial charge in [-0.2, -0.15) is 0 Å². The first-order valence-electron chi connectivity index (χ1n) is 5.38. The Morgan fingerprint density at radius 2 is 2.31 bits per heavy atom. The first-order chi connectivity index (χ1) is 7.74. The maximum atomic E-state index is 12.0. The minimum absolute atomic E-state index is 0.0631. The molecule has 0 saturated heterocycles. The van der Waals surface area contributed by atoms with Crippen molar-refractivity contribution in [3.63, 3.8) is 0 Å². The van der Waals surface area contributed by atoms with Crippen molar-refractivity contribution < 1.29 is 9.53 Å². The zero-order valence-corrected chi connectivity index (χ0v) is 9.35. The van der Waals surface area contributed by atoms with Crippen molar-refractivity contribution in [3.8, 4) is 0 Å². The van der Waals surface area contributed by atoms with Gasteiger partial charge in [-0.05, 0) is 18.1 Å². The Bertz CT molecular complexity index is 392. The Balaban J connectivity index is 2.16. The number of nitrogens with zero attached hydrogens (tertiary/aromatic N) is 1. The van der Waals surface area contributed by atoms with Crippen LogP contribution < -0.4 is 10.6 Å². The summed E-state index contributed by atoms with van der Waals surface area (Å²) in [4.78, 5) is 13.8. The van der Waals surface area contributed by atoms with Gasteiger partial charge in [0.25, 0.3) is 0 Å². The van der Waals surface area contributed by atoms with Gasteiger partial charge < -0.3 is 15.4 Å². The third-order valence-electron chi connectivity index (χ3n) is 2.82. The number of nitrogens with two attached hydrogens (primary N) is 1. The lowest BCUT2D eigenvalue weighted by Gasteiger charge is -2.21. The van der Waals surface area contributed by atoms with Gasteiger partial charge >= 0.3 is 0 Å². The average Bonchev–Trinajstić information content (AvgIpc) is 2.72. The van der Waals surface area contributed by atoms with E-state index in [2.05, 4.69) is 0 Å². The number of carbonyl (C=O) groups excluding carboxylic acids is 1. The van der Waals surface area contributed by atoms with Crippen LogP contribution in [0.2, 0.25) is 0 Å². The molecule has 1 atom stereocenters. The van der Waals surface area contributed by atoms with Crippen LogP contribution in [0.25, 0.3) is 0 Å². The van der Waals surface area contributed by atoms with E-state index in [1.54, 1.807) is 12.0 Å². The van der Waals surface area contributed by atoms with Crippen LogP contribution in [-0.4, -0.2) is 32.2 Å². The molecule has 1 aromatic carbocycles. The van der Waals surface area contributed by atoms with E-state index in [9.17, 15) is 4.79 Å². The summed E-state index contributed by atoms with van der Waals surface area (Å²) in [5, 5.41) is 0. The van der Waals surface area contributed by atoms with Crippen molar-refractivity contribution in [1.29, 1.82) is 0 Å².